The topological polar surface area (TPSA) is 60.9 Å². The molecule has 0 saturated carbocycles. The van der Waals surface area contributed by atoms with Gasteiger partial charge >= 0.3 is 5.97 Å². The second-order valence-electron chi connectivity index (χ2n) is 6.06. The minimum absolute atomic E-state index is 0.0699. The molecule has 0 aliphatic carbocycles. The third-order valence-corrected chi connectivity index (χ3v) is 4.74. The number of benzene rings is 2. The molecule has 138 valence electrons. The van der Waals surface area contributed by atoms with Crippen molar-refractivity contribution in [2.24, 2.45) is 0 Å². The highest BCUT2D eigenvalue weighted by molar-refractivity contribution is 8.11. The first-order chi connectivity index (χ1) is 13.0. The number of fused-ring (bicyclic) bond motifs is 1. The Hall–Kier alpha value is -2.64. The van der Waals surface area contributed by atoms with Gasteiger partial charge < -0.3 is 10.0 Å². The van der Waals surface area contributed by atoms with E-state index in [1.807, 2.05) is 36.4 Å². The molecular formula is C20H18N2O3S2. The molecule has 0 radical (unpaired) electrons. The van der Waals surface area contributed by atoms with E-state index in [1.165, 1.54) is 11.6 Å². The van der Waals surface area contributed by atoms with E-state index in [2.05, 4.69) is 29.7 Å². The van der Waals surface area contributed by atoms with E-state index in [9.17, 15) is 9.59 Å². The van der Waals surface area contributed by atoms with Crippen LogP contribution in [0, 0.1) is 0 Å². The zero-order chi connectivity index (χ0) is 19.4. The average molecular weight is 399 g/mol. The van der Waals surface area contributed by atoms with E-state index in [4.69, 9.17) is 17.3 Å². The number of thiocarbonyl (C=S) groups is 1. The summed E-state index contributed by atoms with van der Waals surface area (Å²) in [6, 6.07) is 16.2. The maximum atomic E-state index is 12.2. The molecule has 0 atom stereocenters. The molecule has 27 heavy (non-hydrogen) atoms. The summed E-state index contributed by atoms with van der Waals surface area (Å²) < 4.78 is -0.0699. The number of nitrogens with zero attached hydrogens (tertiary/aromatic N) is 2. The number of thiol groups is 1. The number of hydrogen-bond donors (Lipinski definition) is 2. The van der Waals surface area contributed by atoms with Crippen molar-refractivity contribution < 1.29 is 14.7 Å². The zero-order valence-electron chi connectivity index (χ0n) is 14.4. The van der Waals surface area contributed by atoms with E-state index in [1.54, 1.807) is 6.08 Å². The maximum Gasteiger partial charge on any atom is 0.323 e. The van der Waals surface area contributed by atoms with Crippen molar-refractivity contribution >= 4 is 58.5 Å². The number of aliphatic carboxylic acids is 1. The monoisotopic (exact) mass is 398 g/mol. The highest BCUT2D eigenvalue weighted by atomic mass is 32.1. The highest BCUT2D eigenvalue weighted by Gasteiger charge is 2.20. The summed E-state index contributed by atoms with van der Waals surface area (Å²) in [5.41, 5.74) is 4.40. The Labute approximate surface area is 168 Å². The van der Waals surface area contributed by atoms with E-state index >= 15 is 0 Å². The molecule has 5 nitrogen and oxygen atoms in total. The third kappa shape index (κ3) is 4.56. The highest BCUT2D eigenvalue weighted by Crippen LogP contribution is 2.35. The van der Waals surface area contributed by atoms with Crippen LogP contribution >= 0.6 is 24.8 Å². The predicted octanol–water partition coefficient (Wildman–Crippen LogP) is 3.52. The van der Waals surface area contributed by atoms with Crippen LogP contribution in [0.1, 0.15) is 11.1 Å². The van der Waals surface area contributed by atoms with Gasteiger partial charge in [0.1, 0.15) is 10.9 Å². The van der Waals surface area contributed by atoms with Crippen LogP contribution in [-0.4, -0.2) is 39.3 Å². The second kappa shape index (κ2) is 8.37. The van der Waals surface area contributed by atoms with Gasteiger partial charge in [0.15, 0.2) is 0 Å². The van der Waals surface area contributed by atoms with Gasteiger partial charge in [-0.15, -0.1) is 12.6 Å². The SMILES string of the molecule is O=C(O)CN(C(=O)/C=C/c1ccc2c(c1)CCN2c1ccccc1)C(=S)S. The standard InChI is InChI=1S/C20H18N2O3S2/c23-18(22(20(26)27)13-19(24)25)9-7-14-6-8-17-15(12-14)10-11-21(17)16-4-2-1-3-5-16/h1-9,12H,10-11,13H2,(H,24,25)(H,26,27)/b9-7+. The van der Waals surface area contributed by atoms with E-state index in [-0.39, 0.29) is 4.32 Å². The smallest absolute Gasteiger partial charge is 0.323 e. The Morgan fingerprint density at radius 1 is 1.22 bits per heavy atom. The molecule has 1 heterocycles. The van der Waals surface area contributed by atoms with Crippen LogP contribution in [0.15, 0.2) is 54.6 Å². The van der Waals surface area contributed by atoms with Crippen molar-refractivity contribution in [3.8, 4) is 0 Å². The fourth-order valence-corrected chi connectivity index (χ4v) is 3.36. The molecule has 0 fully saturated rings. The molecule has 0 spiro atoms. The molecule has 2 aromatic carbocycles. The first-order valence-electron chi connectivity index (χ1n) is 8.35. The van der Waals surface area contributed by atoms with Crippen molar-refractivity contribution in [3.05, 3.63) is 65.7 Å². The van der Waals surface area contributed by atoms with Gasteiger partial charge in [0.2, 0.25) is 0 Å². The number of carboxylic acids is 1. The summed E-state index contributed by atoms with van der Waals surface area (Å²) in [6.07, 6.45) is 3.90. The summed E-state index contributed by atoms with van der Waals surface area (Å²) in [7, 11) is 0. The fourth-order valence-electron chi connectivity index (χ4n) is 3.03. The molecule has 0 unspecified atom stereocenters. The van der Waals surface area contributed by atoms with Crippen LogP contribution in [0.2, 0.25) is 0 Å². The van der Waals surface area contributed by atoms with Gasteiger partial charge in [0, 0.05) is 24.0 Å². The quantitative estimate of drug-likeness (QED) is 0.458. The largest absolute Gasteiger partial charge is 0.480 e. The van der Waals surface area contributed by atoms with Gasteiger partial charge in [-0.2, -0.15) is 0 Å². The molecular weight excluding hydrogens is 380 g/mol. The van der Waals surface area contributed by atoms with Crippen LogP contribution < -0.4 is 4.90 Å². The lowest BCUT2D eigenvalue weighted by Crippen LogP contribution is -2.36. The van der Waals surface area contributed by atoms with Crippen LogP contribution in [-0.2, 0) is 16.0 Å². The molecule has 1 aliphatic heterocycles. The van der Waals surface area contributed by atoms with Gasteiger partial charge in [-0.3, -0.25) is 14.5 Å². The van der Waals surface area contributed by atoms with Gasteiger partial charge in [0.05, 0.1) is 0 Å². The lowest BCUT2D eigenvalue weighted by atomic mass is 10.1. The Morgan fingerprint density at radius 3 is 2.63 bits per heavy atom. The first kappa shape index (κ1) is 19.1. The van der Waals surface area contributed by atoms with Crippen molar-refractivity contribution in [2.75, 3.05) is 18.0 Å². The van der Waals surface area contributed by atoms with Gasteiger partial charge in [-0.05, 0) is 47.9 Å². The summed E-state index contributed by atoms with van der Waals surface area (Å²) in [6.45, 7) is 0.396. The van der Waals surface area contributed by atoms with Gasteiger partial charge in [0.25, 0.3) is 5.91 Å². The average Bonchev–Trinajstić information content (AvgIpc) is 3.07. The number of para-hydroxylation sites is 1. The number of carbonyl (C=O) groups is 2. The number of hydrogen-bond acceptors (Lipinski definition) is 4. The molecule has 1 aliphatic rings. The van der Waals surface area contributed by atoms with Gasteiger partial charge in [-0.1, -0.05) is 36.5 Å². The Bertz CT molecular complexity index is 913. The number of anilines is 2. The van der Waals surface area contributed by atoms with E-state index in [0.29, 0.717) is 0 Å². The van der Waals surface area contributed by atoms with Crippen molar-refractivity contribution in [1.82, 2.24) is 4.90 Å². The fraction of sp³-hybridized carbons (Fsp3) is 0.150. The van der Waals surface area contributed by atoms with Crippen LogP contribution in [0.25, 0.3) is 6.08 Å². The Kier molecular flexibility index (Phi) is 5.93. The molecule has 0 bridgehead atoms. The summed E-state index contributed by atoms with van der Waals surface area (Å²) in [4.78, 5) is 26.2. The summed E-state index contributed by atoms with van der Waals surface area (Å²) in [5.74, 6) is -1.66. The van der Waals surface area contributed by atoms with Crippen LogP contribution in [0.3, 0.4) is 0 Å². The summed E-state index contributed by atoms with van der Waals surface area (Å²) >= 11 is 8.75. The van der Waals surface area contributed by atoms with E-state index < -0.39 is 18.4 Å². The zero-order valence-corrected chi connectivity index (χ0v) is 16.1. The minimum Gasteiger partial charge on any atom is -0.480 e. The van der Waals surface area contributed by atoms with Crippen molar-refractivity contribution in [2.45, 2.75) is 6.42 Å². The molecule has 0 saturated heterocycles. The lowest BCUT2D eigenvalue weighted by molar-refractivity contribution is -0.140. The molecule has 0 aromatic heterocycles. The second-order valence-corrected chi connectivity index (χ2v) is 7.17. The van der Waals surface area contributed by atoms with Crippen LogP contribution in [0.4, 0.5) is 11.4 Å². The van der Waals surface area contributed by atoms with Crippen LogP contribution in [0.5, 0.6) is 0 Å². The maximum absolute atomic E-state index is 12.2. The Balaban J connectivity index is 1.76. The Morgan fingerprint density at radius 2 is 1.96 bits per heavy atom. The molecule has 1 N–H and O–H groups in total. The van der Waals surface area contributed by atoms with Gasteiger partial charge in [-0.25, -0.2) is 0 Å². The number of amides is 1. The number of carbonyl (C=O) groups excluding carboxylic acids is 1. The third-order valence-electron chi connectivity index (χ3n) is 4.28. The molecule has 2 aromatic rings. The predicted molar refractivity (Wildman–Crippen MR) is 114 cm³/mol. The molecule has 3 rings (SSSR count). The van der Waals surface area contributed by atoms with Crippen molar-refractivity contribution in [3.63, 3.8) is 0 Å². The number of carboxylic acid groups (broad SMARTS) is 1. The summed E-state index contributed by atoms with van der Waals surface area (Å²) in [5, 5.41) is 8.88. The van der Waals surface area contributed by atoms with Crippen molar-refractivity contribution in [1.29, 1.82) is 0 Å². The van der Waals surface area contributed by atoms with E-state index in [0.717, 1.165) is 34.8 Å². The molecule has 1 amide bonds. The lowest BCUT2D eigenvalue weighted by Gasteiger charge is -2.19. The normalized spacial score (nSPS) is 12.9. The molecule has 7 heteroatoms. The minimum atomic E-state index is -1.15. The first-order valence-corrected chi connectivity index (χ1v) is 9.21. The number of rotatable bonds is 5.